The van der Waals surface area contributed by atoms with Crippen molar-refractivity contribution in [1.29, 1.82) is 0 Å². The summed E-state index contributed by atoms with van der Waals surface area (Å²) < 4.78 is 0. The molecule has 0 aromatic rings. The monoisotopic (exact) mass is 316 g/mol. The van der Waals surface area contributed by atoms with Crippen molar-refractivity contribution in [2.45, 2.75) is 71.8 Å². The topological polar surface area (TPSA) is 46.3 Å². The average molecular weight is 317 g/mol. The van der Waals surface area contributed by atoms with Crippen LogP contribution in [-0.2, 0) is 4.79 Å². The molecule has 1 saturated carbocycles. The highest BCUT2D eigenvalue weighted by molar-refractivity contribution is 5.85. The van der Waals surface area contributed by atoms with E-state index < -0.39 is 0 Å². The van der Waals surface area contributed by atoms with Gasteiger partial charge in [0.15, 0.2) is 0 Å². The Morgan fingerprint density at radius 2 is 1.81 bits per heavy atom. The molecule has 0 bridgehead atoms. The highest BCUT2D eigenvalue weighted by Gasteiger charge is 2.31. The number of amides is 1. The van der Waals surface area contributed by atoms with Gasteiger partial charge >= 0.3 is 0 Å². The van der Waals surface area contributed by atoms with Crippen molar-refractivity contribution in [3.05, 3.63) is 0 Å². The fourth-order valence-electron chi connectivity index (χ4n) is 3.88. The van der Waals surface area contributed by atoms with Crippen molar-refractivity contribution in [3.8, 4) is 0 Å². The third kappa shape index (κ3) is 5.14. The molecule has 1 amide bonds. The Morgan fingerprint density at radius 3 is 2.38 bits per heavy atom. The van der Waals surface area contributed by atoms with Crippen LogP contribution in [0.4, 0.5) is 0 Å². The largest absolute Gasteiger partial charge is 0.343 e. The number of carbonyl (C=O) groups is 1. The van der Waals surface area contributed by atoms with Gasteiger partial charge in [0.25, 0.3) is 0 Å². The fourth-order valence-corrected chi connectivity index (χ4v) is 3.88. The molecule has 4 heteroatoms. The Morgan fingerprint density at radius 1 is 1.10 bits per heavy atom. The number of likely N-dealkylation sites (tertiary alicyclic amines) is 1. The molecule has 3 atom stereocenters. The van der Waals surface area contributed by atoms with Crippen LogP contribution in [0.15, 0.2) is 0 Å². The molecule has 124 valence electrons. The Balaban J connectivity index is 0.00000220. The van der Waals surface area contributed by atoms with Gasteiger partial charge in [-0.15, -0.1) is 12.4 Å². The molecular weight excluding hydrogens is 284 g/mol. The van der Waals surface area contributed by atoms with Gasteiger partial charge in [0, 0.05) is 25.6 Å². The number of nitrogens with two attached hydrogens (primary N) is 1. The van der Waals surface area contributed by atoms with Crippen LogP contribution in [0.1, 0.15) is 65.7 Å². The van der Waals surface area contributed by atoms with Gasteiger partial charge < -0.3 is 10.6 Å². The molecule has 1 saturated heterocycles. The Labute approximate surface area is 136 Å². The van der Waals surface area contributed by atoms with Gasteiger partial charge in [-0.3, -0.25) is 4.79 Å². The van der Waals surface area contributed by atoms with Gasteiger partial charge in [-0.05, 0) is 49.4 Å². The van der Waals surface area contributed by atoms with Crippen molar-refractivity contribution in [2.24, 2.45) is 23.0 Å². The maximum absolute atomic E-state index is 12.5. The second-order valence-electron chi connectivity index (χ2n) is 7.93. The summed E-state index contributed by atoms with van der Waals surface area (Å²) >= 11 is 0. The van der Waals surface area contributed by atoms with Gasteiger partial charge in [-0.1, -0.05) is 27.2 Å². The second kappa shape index (κ2) is 7.82. The van der Waals surface area contributed by atoms with Crippen molar-refractivity contribution in [2.75, 3.05) is 13.1 Å². The molecular formula is C17H33ClN2O. The molecule has 2 aliphatic rings. The van der Waals surface area contributed by atoms with Crippen molar-refractivity contribution in [3.63, 3.8) is 0 Å². The lowest BCUT2D eigenvalue weighted by molar-refractivity contribution is -0.132. The van der Waals surface area contributed by atoms with Crippen LogP contribution in [0, 0.1) is 17.3 Å². The number of rotatable bonds is 2. The first-order valence-corrected chi connectivity index (χ1v) is 8.41. The summed E-state index contributed by atoms with van der Waals surface area (Å²) in [6.45, 7) is 8.88. The number of hydrogen-bond acceptors (Lipinski definition) is 2. The molecule has 1 unspecified atom stereocenters. The minimum atomic E-state index is 0. The molecule has 2 N–H and O–H groups in total. The molecule has 0 aromatic carbocycles. The normalized spacial score (nSPS) is 30.7. The average Bonchev–Trinajstić information content (AvgIpc) is 2.65. The molecule has 21 heavy (non-hydrogen) atoms. The number of hydrogen-bond donors (Lipinski definition) is 1. The van der Waals surface area contributed by atoms with Crippen LogP contribution in [0.2, 0.25) is 0 Å². The van der Waals surface area contributed by atoms with E-state index in [0.29, 0.717) is 23.7 Å². The first-order chi connectivity index (χ1) is 9.38. The lowest BCUT2D eigenvalue weighted by Crippen LogP contribution is -2.36. The van der Waals surface area contributed by atoms with Gasteiger partial charge in [0.2, 0.25) is 5.91 Å². The van der Waals surface area contributed by atoms with Crippen molar-refractivity contribution >= 4 is 18.3 Å². The highest BCUT2D eigenvalue weighted by atomic mass is 35.5. The predicted molar refractivity (Wildman–Crippen MR) is 90.6 cm³/mol. The summed E-state index contributed by atoms with van der Waals surface area (Å²) in [5.74, 6) is 1.53. The maximum atomic E-state index is 12.5. The van der Waals surface area contributed by atoms with Gasteiger partial charge in [0.05, 0.1) is 0 Å². The zero-order valence-electron chi connectivity index (χ0n) is 13.9. The van der Waals surface area contributed by atoms with E-state index in [2.05, 4.69) is 25.7 Å². The highest BCUT2D eigenvalue weighted by Crippen LogP contribution is 2.35. The molecule has 1 aliphatic carbocycles. The first kappa shape index (κ1) is 18.8. The molecule has 2 rings (SSSR count). The number of halogens is 1. The van der Waals surface area contributed by atoms with E-state index in [1.807, 2.05) is 0 Å². The van der Waals surface area contributed by atoms with Crippen LogP contribution in [-0.4, -0.2) is 29.9 Å². The van der Waals surface area contributed by atoms with Crippen LogP contribution in [0.25, 0.3) is 0 Å². The van der Waals surface area contributed by atoms with Gasteiger partial charge in [-0.2, -0.15) is 0 Å². The number of carbonyl (C=O) groups excluding carboxylic acids is 1. The SMILES string of the molecule is CC(C)(C)C1CCCN(C(=O)C[C@@H]2CCC[C@H]2N)CC1.Cl. The van der Waals surface area contributed by atoms with E-state index >= 15 is 0 Å². The van der Waals surface area contributed by atoms with Crippen molar-refractivity contribution < 1.29 is 4.79 Å². The lowest BCUT2D eigenvalue weighted by Gasteiger charge is -2.30. The molecule has 0 aromatic heterocycles. The van der Waals surface area contributed by atoms with E-state index in [4.69, 9.17) is 5.73 Å². The molecule has 1 heterocycles. The summed E-state index contributed by atoms with van der Waals surface area (Å²) in [5, 5.41) is 0. The zero-order chi connectivity index (χ0) is 14.8. The maximum Gasteiger partial charge on any atom is 0.222 e. The Hall–Kier alpha value is -0.280. The van der Waals surface area contributed by atoms with Gasteiger partial charge in [-0.25, -0.2) is 0 Å². The Kier molecular flexibility index (Phi) is 6.99. The summed E-state index contributed by atoms with van der Waals surface area (Å²) in [7, 11) is 0. The Bertz CT molecular complexity index is 340. The van der Waals surface area contributed by atoms with E-state index in [0.717, 1.165) is 44.7 Å². The first-order valence-electron chi connectivity index (χ1n) is 8.41. The minimum Gasteiger partial charge on any atom is -0.343 e. The minimum absolute atomic E-state index is 0. The smallest absolute Gasteiger partial charge is 0.222 e. The van der Waals surface area contributed by atoms with E-state index in [1.165, 1.54) is 12.8 Å². The number of nitrogens with zero attached hydrogens (tertiary/aromatic N) is 1. The van der Waals surface area contributed by atoms with E-state index in [1.54, 1.807) is 0 Å². The van der Waals surface area contributed by atoms with E-state index in [-0.39, 0.29) is 18.4 Å². The van der Waals surface area contributed by atoms with Crippen molar-refractivity contribution in [1.82, 2.24) is 4.90 Å². The predicted octanol–water partition coefficient (Wildman–Crippen LogP) is 3.60. The van der Waals surface area contributed by atoms with Crippen LogP contribution < -0.4 is 5.73 Å². The second-order valence-corrected chi connectivity index (χ2v) is 7.93. The molecule has 0 radical (unpaired) electrons. The summed E-state index contributed by atoms with van der Waals surface area (Å²) in [4.78, 5) is 14.6. The summed E-state index contributed by atoms with van der Waals surface area (Å²) in [5.41, 5.74) is 6.46. The molecule has 3 nitrogen and oxygen atoms in total. The van der Waals surface area contributed by atoms with Crippen LogP contribution in [0.3, 0.4) is 0 Å². The summed E-state index contributed by atoms with van der Waals surface area (Å²) in [6, 6.07) is 0.258. The lowest BCUT2D eigenvalue weighted by atomic mass is 9.77. The standard InChI is InChI=1S/C17H32N2O.ClH/c1-17(2,3)14-7-5-10-19(11-9-14)16(20)12-13-6-4-8-15(13)18;/h13-15H,4-12,18H2,1-3H3;1H/t13-,14?,15+;/m0./s1. The summed E-state index contributed by atoms with van der Waals surface area (Å²) in [6.07, 6.45) is 7.70. The van der Waals surface area contributed by atoms with E-state index in [9.17, 15) is 4.79 Å². The van der Waals surface area contributed by atoms with Crippen LogP contribution in [0.5, 0.6) is 0 Å². The quantitative estimate of drug-likeness (QED) is 0.846. The molecule has 2 fully saturated rings. The molecule has 1 aliphatic heterocycles. The third-order valence-corrected chi connectivity index (χ3v) is 5.46. The molecule has 0 spiro atoms. The zero-order valence-corrected chi connectivity index (χ0v) is 14.8. The third-order valence-electron chi connectivity index (χ3n) is 5.46. The fraction of sp³-hybridized carbons (Fsp3) is 0.941. The van der Waals surface area contributed by atoms with Crippen LogP contribution >= 0.6 is 12.4 Å². The van der Waals surface area contributed by atoms with Gasteiger partial charge in [0.1, 0.15) is 0 Å².